The van der Waals surface area contributed by atoms with Crippen molar-refractivity contribution in [2.24, 2.45) is 20.0 Å². The summed E-state index contributed by atoms with van der Waals surface area (Å²) in [7, 11) is 3.18. The Morgan fingerprint density at radius 1 is 1.03 bits per heavy atom. The second-order valence-electron chi connectivity index (χ2n) is 8.64. The zero-order valence-electron chi connectivity index (χ0n) is 19.6. The molecule has 8 nitrogen and oxygen atoms in total. The van der Waals surface area contributed by atoms with Gasteiger partial charge in [-0.15, -0.1) is 0 Å². The van der Waals surface area contributed by atoms with Gasteiger partial charge in [0.15, 0.2) is 0 Å². The van der Waals surface area contributed by atoms with Gasteiger partial charge in [-0.2, -0.15) is 0 Å². The fraction of sp³-hybridized carbons (Fsp3) is 0.400. The number of rotatable bonds is 5. The summed E-state index contributed by atoms with van der Waals surface area (Å²) in [4.78, 5) is 40.3. The molecule has 174 valence electrons. The Hall–Kier alpha value is -3.55. The van der Waals surface area contributed by atoms with Crippen LogP contribution in [-0.4, -0.2) is 34.7 Å². The van der Waals surface area contributed by atoms with Gasteiger partial charge in [0, 0.05) is 27.2 Å². The third-order valence-electron chi connectivity index (χ3n) is 6.41. The van der Waals surface area contributed by atoms with E-state index in [-0.39, 0.29) is 5.91 Å². The van der Waals surface area contributed by atoms with Crippen LogP contribution in [0.1, 0.15) is 37.0 Å². The van der Waals surface area contributed by atoms with E-state index in [9.17, 15) is 14.4 Å². The molecule has 1 aliphatic rings. The van der Waals surface area contributed by atoms with Crippen molar-refractivity contribution in [1.82, 2.24) is 9.13 Å². The van der Waals surface area contributed by atoms with Crippen LogP contribution in [0.4, 0.5) is 11.4 Å². The molecule has 0 radical (unpaired) electrons. The zero-order chi connectivity index (χ0) is 23.7. The van der Waals surface area contributed by atoms with Gasteiger partial charge in [0.05, 0.1) is 34.6 Å². The third-order valence-corrected chi connectivity index (χ3v) is 6.41. The van der Waals surface area contributed by atoms with Gasteiger partial charge < -0.3 is 24.1 Å². The minimum atomic E-state index is -0.608. The number of aryl methyl sites for hydroxylation is 2. The number of amides is 1. The van der Waals surface area contributed by atoms with Crippen molar-refractivity contribution in [3.63, 3.8) is 0 Å². The maximum Gasteiger partial charge on any atom is 0.316 e. The molecule has 1 saturated heterocycles. The number of hydrogen-bond acceptors (Lipinski definition) is 5. The topological polar surface area (TPSA) is 85.6 Å². The number of fused-ring (bicyclic) bond motifs is 1. The lowest BCUT2D eigenvalue weighted by Gasteiger charge is -2.34. The lowest BCUT2D eigenvalue weighted by atomic mass is 9.98. The number of para-hydroxylation sites is 1. The average molecular weight is 451 g/mol. The van der Waals surface area contributed by atoms with Crippen LogP contribution in [0.5, 0.6) is 5.75 Å². The molecule has 8 heteroatoms. The van der Waals surface area contributed by atoms with Gasteiger partial charge >= 0.3 is 11.1 Å². The fourth-order valence-electron chi connectivity index (χ4n) is 4.35. The van der Waals surface area contributed by atoms with E-state index in [1.165, 1.54) is 9.13 Å². The molecule has 0 saturated carbocycles. The number of nitrogens with one attached hydrogen (secondary N) is 1. The van der Waals surface area contributed by atoms with Gasteiger partial charge in [-0.3, -0.25) is 14.4 Å². The molecule has 4 rings (SSSR count). The predicted molar refractivity (Wildman–Crippen MR) is 131 cm³/mol. The highest BCUT2D eigenvalue weighted by molar-refractivity contribution is 6.08. The molecule has 0 spiro atoms. The first-order chi connectivity index (χ1) is 15.8. The van der Waals surface area contributed by atoms with Crippen molar-refractivity contribution in [2.75, 3.05) is 29.9 Å². The summed E-state index contributed by atoms with van der Waals surface area (Å²) >= 11 is 0. The van der Waals surface area contributed by atoms with E-state index in [0.717, 1.165) is 31.6 Å². The van der Waals surface area contributed by atoms with Crippen LogP contribution >= 0.6 is 0 Å². The van der Waals surface area contributed by atoms with Gasteiger partial charge in [-0.1, -0.05) is 19.1 Å². The molecule has 33 heavy (non-hydrogen) atoms. The number of carbonyl (C=O) groups is 1. The number of benzene rings is 2. The maximum absolute atomic E-state index is 13.3. The summed E-state index contributed by atoms with van der Waals surface area (Å²) in [6, 6.07) is 10.8. The second kappa shape index (κ2) is 9.13. The number of hydrogen-bond donors (Lipinski definition) is 1. The Morgan fingerprint density at radius 2 is 1.64 bits per heavy atom. The second-order valence-corrected chi connectivity index (χ2v) is 8.64. The molecular formula is C25H30N4O4. The summed E-state index contributed by atoms with van der Waals surface area (Å²) in [6.07, 6.45) is 2.09. The molecule has 0 bridgehead atoms. The number of carbonyl (C=O) groups excluding carboxylic acids is 1. The van der Waals surface area contributed by atoms with Crippen LogP contribution < -0.4 is 26.1 Å². The molecule has 1 aromatic heterocycles. The first-order valence-corrected chi connectivity index (χ1v) is 11.3. The van der Waals surface area contributed by atoms with Gasteiger partial charge in [-0.25, -0.2) is 0 Å². The highest BCUT2D eigenvalue weighted by Gasteiger charge is 2.23. The Bertz CT molecular complexity index is 1320. The maximum atomic E-state index is 13.3. The van der Waals surface area contributed by atoms with Gasteiger partial charge in [0.25, 0.3) is 5.91 Å². The first-order valence-electron chi connectivity index (χ1n) is 11.3. The average Bonchev–Trinajstić information content (AvgIpc) is 2.82. The van der Waals surface area contributed by atoms with E-state index in [0.29, 0.717) is 40.6 Å². The van der Waals surface area contributed by atoms with Crippen LogP contribution in [0.25, 0.3) is 11.0 Å². The SMILES string of the molecule is CCOc1ccccc1C(=O)Nc1cc2c(cc1N1CCC(C)CC1)n(C)c(=O)c(=O)n2C. The zero-order valence-corrected chi connectivity index (χ0v) is 19.6. The van der Waals surface area contributed by atoms with E-state index >= 15 is 0 Å². The van der Waals surface area contributed by atoms with Gasteiger partial charge in [-0.05, 0) is 49.9 Å². The summed E-state index contributed by atoms with van der Waals surface area (Å²) in [5.74, 6) is 0.865. The normalized spacial score (nSPS) is 14.5. The highest BCUT2D eigenvalue weighted by Crippen LogP contribution is 2.34. The number of piperidine rings is 1. The van der Waals surface area contributed by atoms with Crippen molar-refractivity contribution < 1.29 is 9.53 Å². The number of anilines is 2. The molecular weight excluding hydrogens is 420 g/mol. The van der Waals surface area contributed by atoms with E-state index in [1.54, 1.807) is 38.4 Å². The monoisotopic (exact) mass is 450 g/mol. The summed E-state index contributed by atoms with van der Waals surface area (Å²) in [5, 5.41) is 3.04. The van der Waals surface area contributed by atoms with Crippen LogP contribution in [0.3, 0.4) is 0 Å². The summed E-state index contributed by atoms with van der Waals surface area (Å²) in [6.45, 7) is 6.27. The van der Waals surface area contributed by atoms with Gasteiger partial charge in [0.2, 0.25) is 0 Å². The first kappa shape index (κ1) is 22.6. The van der Waals surface area contributed by atoms with E-state index in [2.05, 4.69) is 17.1 Å². The van der Waals surface area contributed by atoms with Crippen LogP contribution in [-0.2, 0) is 14.1 Å². The molecule has 1 amide bonds. The number of aromatic nitrogens is 2. The minimum Gasteiger partial charge on any atom is -0.493 e. The third kappa shape index (κ3) is 4.25. The Morgan fingerprint density at radius 3 is 2.27 bits per heavy atom. The molecule has 1 fully saturated rings. The molecule has 2 heterocycles. The van der Waals surface area contributed by atoms with Crippen molar-refractivity contribution in [3.8, 4) is 5.75 Å². The molecule has 1 aliphatic heterocycles. The van der Waals surface area contributed by atoms with Crippen LogP contribution in [0.15, 0.2) is 46.0 Å². The molecule has 0 unspecified atom stereocenters. The Kier molecular flexibility index (Phi) is 6.26. The number of ether oxygens (including phenoxy) is 1. The van der Waals surface area contributed by atoms with Crippen molar-refractivity contribution in [3.05, 3.63) is 62.7 Å². The molecule has 1 N–H and O–H groups in total. The summed E-state index contributed by atoms with van der Waals surface area (Å²) < 4.78 is 8.35. The lowest BCUT2D eigenvalue weighted by molar-refractivity contribution is 0.102. The Labute approximate surface area is 192 Å². The van der Waals surface area contributed by atoms with Crippen LogP contribution in [0, 0.1) is 5.92 Å². The molecule has 3 aromatic rings. The van der Waals surface area contributed by atoms with Crippen molar-refractivity contribution in [1.29, 1.82) is 0 Å². The van der Waals surface area contributed by atoms with Crippen molar-refractivity contribution >= 4 is 28.3 Å². The quantitative estimate of drug-likeness (QED) is 0.604. The number of nitrogens with zero attached hydrogens (tertiary/aromatic N) is 3. The van der Waals surface area contributed by atoms with Crippen molar-refractivity contribution in [2.45, 2.75) is 26.7 Å². The smallest absolute Gasteiger partial charge is 0.316 e. The predicted octanol–water partition coefficient (Wildman–Crippen LogP) is 3.12. The van der Waals surface area contributed by atoms with E-state index < -0.39 is 11.1 Å². The standard InChI is InChI=1S/C25H30N4O4/c1-5-33-22-9-7-6-8-17(22)23(30)26-18-14-20-21(28(4)25(32)24(31)27(20)3)15-19(18)29-12-10-16(2)11-13-29/h6-9,14-16H,5,10-13H2,1-4H3,(H,26,30). The van der Waals surface area contributed by atoms with E-state index in [4.69, 9.17) is 4.74 Å². The Balaban J connectivity index is 1.85. The minimum absolute atomic E-state index is 0.292. The molecule has 0 aliphatic carbocycles. The fourth-order valence-corrected chi connectivity index (χ4v) is 4.35. The molecule has 2 aromatic carbocycles. The van der Waals surface area contributed by atoms with Gasteiger partial charge in [0.1, 0.15) is 5.75 Å². The largest absolute Gasteiger partial charge is 0.493 e. The van der Waals surface area contributed by atoms with E-state index in [1.807, 2.05) is 19.1 Å². The molecule has 0 atom stereocenters. The highest BCUT2D eigenvalue weighted by atomic mass is 16.5. The lowest BCUT2D eigenvalue weighted by Crippen LogP contribution is -2.39. The summed E-state index contributed by atoms with van der Waals surface area (Å²) in [5.41, 5.74) is 1.90. The van der Waals surface area contributed by atoms with Crippen LogP contribution in [0.2, 0.25) is 0 Å².